The Morgan fingerprint density at radius 2 is 1.94 bits per heavy atom. The maximum atomic E-state index is 12.9. The molecule has 0 radical (unpaired) electrons. The van der Waals surface area contributed by atoms with E-state index in [9.17, 15) is 14.4 Å². The van der Waals surface area contributed by atoms with Crippen molar-refractivity contribution in [3.05, 3.63) is 28.7 Å². The minimum absolute atomic E-state index is 0.0295. The molecule has 3 rings (SSSR count). The third kappa shape index (κ3) is 7.70. The van der Waals surface area contributed by atoms with Gasteiger partial charge >= 0.3 is 5.97 Å². The van der Waals surface area contributed by atoms with E-state index in [0.29, 0.717) is 40.3 Å². The van der Waals surface area contributed by atoms with Gasteiger partial charge in [0.05, 0.1) is 18.6 Å². The summed E-state index contributed by atoms with van der Waals surface area (Å²) in [5.41, 5.74) is 0.750. The van der Waals surface area contributed by atoms with Gasteiger partial charge < -0.3 is 19.1 Å². The van der Waals surface area contributed by atoms with Gasteiger partial charge in [0.15, 0.2) is 18.1 Å². The van der Waals surface area contributed by atoms with Crippen LogP contribution in [-0.2, 0) is 19.1 Å². The summed E-state index contributed by atoms with van der Waals surface area (Å²) >= 11 is 6.60. The molecule has 0 spiro atoms. The number of carbonyl (C=O) groups is 3. The highest BCUT2D eigenvalue weighted by Crippen LogP contribution is 2.35. The predicted molar refractivity (Wildman–Crippen MR) is 139 cm³/mol. The predicted octanol–water partition coefficient (Wildman–Crippen LogP) is 4.02. The normalized spacial score (nSPS) is 17.1. The van der Waals surface area contributed by atoms with Crippen LogP contribution < -0.4 is 9.47 Å². The van der Waals surface area contributed by atoms with Crippen LogP contribution in [0.3, 0.4) is 0 Å². The zero-order chi connectivity index (χ0) is 25.2. The number of benzene rings is 1. The fourth-order valence-electron chi connectivity index (χ4n) is 3.78. The lowest BCUT2D eigenvalue weighted by Crippen LogP contribution is -2.38. The molecule has 35 heavy (non-hydrogen) atoms. The van der Waals surface area contributed by atoms with Gasteiger partial charge in [0, 0.05) is 26.1 Å². The third-order valence-corrected chi connectivity index (χ3v) is 7.03. The number of methoxy groups -OCH3 is 1. The highest BCUT2D eigenvalue weighted by Gasteiger charge is 2.31. The third-order valence-electron chi connectivity index (χ3n) is 5.65. The molecular weight excluding hydrogens is 488 g/mol. The van der Waals surface area contributed by atoms with Crippen molar-refractivity contribution >= 4 is 52.2 Å². The molecule has 2 aliphatic rings. The molecule has 0 aliphatic carbocycles. The van der Waals surface area contributed by atoms with E-state index in [1.807, 2.05) is 11.8 Å². The lowest BCUT2D eigenvalue weighted by atomic mass is 10.1. The summed E-state index contributed by atoms with van der Waals surface area (Å²) in [6.07, 6.45) is 6.47. The summed E-state index contributed by atoms with van der Waals surface area (Å²) in [6.45, 7) is 4.22. The van der Waals surface area contributed by atoms with Crippen molar-refractivity contribution < 1.29 is 28.6 Å². The van der Waals surface area contributed by atoms with Crippen LogP contribution in [0.25, 0.3) is 6.08 Å². The lowest BCUT2D eigenvalue weighted by Gasteiger charge is -2.26. The van der Waals surface area contributed by atoms with Gasteiger partial charge in [-0.25, -0.2) is 0 Å². The van der Waals surface area contributed by atoms with Crippen LogP contribution in [0.4, 0.5) is 0 Å². The number of carbonyl (C=O) groups excluding carboxylic acids is 3. The molecule has 0 aromatic heterocycles. The zero-order valence-corrected chi connectivity index (χ0v) is 21.9. The molecule has 1 aromatic carbocycles. The maximum Gasteiger partial charge on any atom is 0.305 e. The molecule has 190 valence electrons. The number of likely N-dealkylation sites (tertiary alicyclic amines) is 1. The van der Waals surface area contributed by atoms with E-state index in [-0.39, 0.29) is 30.8 Å². The van der Waals surface area contributed by atoms with Gasteiger partial charge in [-0.2, -0.15) is 0 Å². The largest absolute Gasteiger partial charge is 0.493 e. The minimum atomic E-state index is -0.264. The molecule has 10 heteroatoms. The molecule has 1 aromatic rings. The van der Waals surface area contributed by atoms with Crippen molar-refractivity contribution in [2.24, 2.45) is 0 Å². The van der Waals surface area contributed by atoms with Gasteiger partial charge in [0.25, 0.3) is 11.8 Å². The Bertz CT molecular complexity index is 975. The minimum Gasteiger partial charge on any atom is -0.493 e. The summed E-state index contributed by atoms with van der Waals surface area (Å²) in [5, 5.41) is 0. The molecule has 2 fully saturated rings. The summed E-state index contributed by atoms with van der Waals surface area (Å²) < 4.78 is 16.7. The number of piperidine rings is 1. The average Bonchev–Trinajstić information content (AvgIpc) is 3.14. The highest BCUT2D eigenvalue weighted by atomic mass is 32.2. The van der Waals surface area contributed by atoms with Crippen LogP contribution in [0.5, 0.6) is 11.5 Å². The zero-order valence-electron chi connectivity index (χ0n) is 20.2. The van der Waals surface area contributed by atoms with Gasteiger partial charge in [-0.1, -0.05) is 37.0 Å². The van der Waals surface area contributed by atoms with Crippen molar-refractivity contribution in [1.82, 2.24) is 9.80 Å². The van der Waals surface area contributed by atoms with Crippen LogP contribution in [0, 0.1) is 0 Å². The van der Waals surface area contributed by atoms with Crippen LogP contribution in [0.2, 0.25) is 0 Å². The van der Waals surface area contributed by atoms with E-state index in [1.165, 1.54) is 23.8 Å². The number of amides is 2. The van der Waals surface area contributed by atoms with Gasteiger partial charge in [-0.3, -0.25) is 19.3 Å². The summed E-state index contributed by atoms with van der Waals surface area (Å²) in [7, 11) is 1.53. The van der Waals surface area contributed by atoms with E-state index >= 15 is 0 Å². The van der Waals surface area contributed by atoms with Crippen molar-refractivity contribution in [2.45, 2.75) is 45.4 Å². The van der Waals surface area contributed by atoms with Crippen molar-refractivity contribution in [3.63, 3.8) is 0 Å². The van der Waals surface area contributed by atoms with E-state index in [2.05, 4.69) is 0 Å². The first-order valence-electron chi connectivity index (χ1n) is 11.9. The maximum absolute atomic E-state index is 12.9. The van der Waals surface area contributed by atoms with E-state index < -0.39 is 0 Å². The summed E-state index contributed by atoms with van der Waals surface area (Å²) in [6, 6.07) is 5.30. The van der Waals surface area contributed by atoms with E-state index in [1.54, 1.807) is 24.3 Å². The number of thiocarbonyl (C=S) groups is 1. The van der Waals surface area contributed by atoms with E-state index in [4.69, 9.17) is 26.4 Å². The molecule has 2 aliphatic heterocycles. The second-order valence-corrected chi connectivity index (χ2v) is 9.97. The Morgan fingerprint density at radius 1 is 1.17 bits per heavy atom. The number of hydrogen-bond donors (Lipinski definition) is 0. The van der Waals surface area contributed by atoms with Crippen LogP contribution in [0.15, 0.2) is 23.1 Å². The molecule has 0 saturated carbocycles. The Hall–Kier alpha value is -2.59. The van der Waals surface area contributed by atoms with Crippen LogP contribution >= 0.6 is 24.0 Å². The van der Waals surface area contributed by atoms with Crippen molar-refractivity contribution in [2.75, 3.05) is 40.0 Å². The molecule has 0 bridgehead atoms. The first-order chi connectivity index (χ1) is 16.9. The monoisotopic (exact) mass is 520 g/mol. The number of hydrogen-bond acceptors (Lipinski definition) is 8. The SMILES string of the molecule is CCCOC(=O)CCCN1C(=O)/C(=C\c2ccc(OCC(=O)N3CCCCC3)c(OC)c2)SC1=S. The number of nitrogens with zero attached hydrogens (tertiary/aromatic N) is 2. The molecule has 2 amide bonds. The number of rotatable bonds is 11. The van der Waals surface area contributed by atoms with Gasteiger partial charge in [0.1, 0.15) is 4.32 Å². The van der Waals surface area contributed by atoms with Crippen molar-refractivity contribution in [3.8, 4) is 11.5 Å². The molecule has 2 saturated heterocycles. The van der Waals surface area contributed by atoms with Gasteiger partial charge in [-0.05, 0) is 55.9 Å². The topological polar surface area (TPSA) is 85.4 Å². The molecule has 0 atom stereocenters. The molecular formula is C25H32N2O6S2. The quantitative estimate of drug-likeness (QED) is 0.246. The fourth-order valence-corrected chi connectivity index (χ4v) is 5.09. The Morgan fingerprint density at radius 3 is 2.66 bits per heavy atom. The molecule has 8 nitrogen and oxygen atoms in total. The van der Waals surface area contributed by atoms with Crippen molar-refractivity contribution in [1.29, 1.82) is 0 Å². The van der Waals surface area contributed by atoms with Crippen LogP contribution in [0.1, 0.15) is 51.0 Å². The van der Waals surface area contributed by atoms with Gasteiger partial charge in [-0.15, -0.1) is 0 Å². The Labute approximate surface area is 215 Å². The van der Waals surface area contributed by atoms with Crippen LogP contribution in [-0.4, -0.2) is 71.9 Å². The van der Waals surface area contributed by atoms with Gasteiger partial charge in [0.2, 0.25) is 0 Å². The average molecular weight is 521 g/mol. The number of ether oxygens (including phenoxy) is 3. The second kappa shape index (κ2) is 13.5. The standard InChI is InChI=1S/C25H32N2O6S2/c1-3-14-32-23(29)8-7-13-27-24(30)21(35-25(27)34)16-18-9-10-19(20(15-18)31-2)33-17-22(28)26-11-5-4-6-12-26/h9-10,15-16H,3-8,11-14,17H2,1-2H3/b21-16+. The molecule has 0 N–H and O–H groups in total. The molecule has 2 heterocycles. The number of esters is 1. The highest BCUT2D eigenvalue weighted by molar-refractivity contribution is 8.26. The molecule has 0 unspecified atom stereocenters. The smallest absolute Gasteiger partial charge is 0.305 e. The summed E-state index contributed by atoms with van der Waals surface area (Å²) in [4.78, 5) is 40.8. The lowest BCUT2D eigenvalue weighted by molar-refractivity contribution is -0.144. The fraction of sp³-hybridized carbons (Fsp3) is 0.520. The second-order valence-electron chi connectivity index (χ2n) is 8.30. The number of thioether (sulfide) groups is 1. The Balaban J connectivity index is 1.58. The Kier molecular flexibility index (Phi) is 10.4. The summed E-state index contributed by atoms with van der Waals surface area (Å²) in [5.74, 6) is 0.468. The first kappa shape index (κ1) is 27.0. The van der Waals surface area contributed by atoms with E-state index in [0.717, 1.165) is 44.3 Å². The first-order valence-corrected chi connectivity index (χ1v) is 13.1.